The van der Waals surface area contributed by atoms with Crippen molar-refractivity contribution in [2.75, 3.05) is 0 Å². The van der Waals surface area contributed by atoms with Crippen LogP contribution in [0.3, 0.4) is 0 Å². The summed E-state index contributed by atoms with van der Waals surface area (Å²) in [4.78, 5) is 3.52. The zero-order chi connectivity index (χ0) is 14.0. The van der Waals surface area contributed by atoms with E-state index in [1.807, 2.05) is 0 Å². The Balaban J connectivity index is 2.40. The van der Waals surface area contributed by atoms with E-state index in [9.17, 15) is 17.6 Å². The summed E-state index contributed by atoms with van der Waals surface area (Å²) in [6, 6.07) is 4.32. The Morgan fingerprint density at radius 2 is 1.84 bits per heavy atom. The maximum atomic E-state index is 14.1. The minimum atomic E-state index is -3.56. The van der Waals surface area contributed by atoms with E-state index in [-0.39, 0.29) is 0 Å². The second-order valence-corrected chi connectivity index (χ2v) is 3.98. The number of nitrogens with zero attached hydrogens (tertiary/aromatic N) is 1. The molecule has 0 amide bonds. The largest absolute Gasteiger partial charge is 0.319 e. The Labute approximate surface area is 106 Å². The van der Waals surface area contributed by atoms with Crippen LogP contribution in [0, 0.1) is 11.6 Å². The zero-order valence-electron chi connectivity index (χ0n) is 9.66. The molecule has 0 fully saturated rings. The Morgan fingerprint density at radius 3 is 2.42 bits per heavy atom. The molecule has 1 atom stereocenters. The van der Waals surface area contributed by atoms with Gasteiger partial charge in [-0.1, -0.05) is 12.1 Å². The van der Waals surface area contributed by atoms with Crippen molar-refractivity contribution in [1.82, 2.24) is 4.98 Å². The Hall–Kier alpha value is -1.95. The van der Waals surface area contributed by atoms with Gasteiger partial charge in [0.05, 0.1) is 0 Å². The highest BCUT2D eigenvalue weighted by Crippen LogP contribution is 2.38. The molecule has 1 aromatic heterocycles. The molecule has 2 N–H and O–H groups in total. The average molecular weight is 270 g/mol. The van der Waals surface area contributed by atoms with Gasteiger partial charge in [-0.25, -0.2) is 8.78 Å². The number of hydrogen-bond donors (Lipinski definition) is 1. The van der Waals surface area contributed by atoms with Gasteiger partial charge in [0.25, 0.3) is 0 Å². The molecule has 2 rings (SSSR count). The first-order chi connectivity index (χ1) is 8.93. The van der Waals surface area contributed by atoms with E-state index >= 15 is 0 Å². The number of rotatable bonds is 3. The second kappa shape index (κ2) is 4.97. The van der Waals surface area contributed by atoms with Gasteiger partial charge in [-0.2, -0.15) is 8.78 Å². The van der Waals surface area contributed by atoms with Gasteiger partial charge in [-0.05, 0) is 18.2 Å². The van der Waals surface area contributed by atoms with Crippen LogP contribution < -0.4 is 5.73 Å². The first kappa shape index (κ1) is 13.5. The van der Waals surface area contributed by atoms with E-state index in [1.165, 1.54) is 18.3 Å². The lowest BCUT2D eigenvalue weighted by Gasteiger charge is -2.23. The summed E-state index contributed by atoms with van der Waals surface area (Å²) in [5, 5.41) is 0. The van der Waals surface area contributed by atoms with E-state index in [4.69, 9.17) is 5.73 Å². The molecule has 0 bridgehead atoms. The monoisotopic (exact) mass is 270 g/mol. The fourth-order valence-electron chi connectivity index (χ4n) is 1.67. The van der Waals surface area contributed by atoms with Crippen molar-refractivity contribution in [2.24, 2.45) is 5.73 Å². The molecule has 0 spiro atoms. The van der Waals surface area contributed by atoms with Crippen LogP contribution in [0.5, 0.6) is 0 Å². The lowest BCUT2D eigenvalue weighted by atomic mass is 9.98. The van der Waals surface area contributed by atoms with Crippen molar-refractivity contribution in [2.45, 2.75) is 12.0 Å². The predicted octanol–water partition coefficient (Wildman–Crippen LogP) is 3.15. The highest BCUT2D eigenvalue weighted by Gasteiger charge is 2.42. The van der Waals surface area contributed by atoms with Gasteiger partial charge >= 0.3 is 5.92 Å². The number of benzene rings is 1. The molecule has 0 saturated carbocycles. The van der Waals surface area contributed by atoms with E-state index in [1.54, 1.807) is 0 Å². The molecule has 19 heavy (non-hydrogen) atoms. The summed E-state index contributed by atoms with van der Waals surface area (Å²) >= 11 is 0. The second-order valence-electron chi connectivity index (χ2n) is 3.98. The van der Waals surface area contributed by atoms with Gasteiger partial charge in [0.2, 0.25) is 0 Å². The molecular formula is C13H10F4N2. The average Bonchev–Trinajstić information content (AvgIpc) is 2.39. The van der Waals surface area contributed by atoms with E-state index in [2.05, 4.69) is 4.98 Å². The van der Waals surface area contributed by atoms with Gasteiger partial charge in [0.15, 0.2) is 0 Å². The van der Waals surface area contributed by atoms with E-state index < -0.39 is 34.9 Å². The summed E-state index contributed by atoms with van der Waals surface area (Å²) in [5.74, 6) is -5.52. The fraction of sp³-hybridized carbons (Fsp3) is 0.154. The summed E-state index contributed by atoms with van der Waals surface area (Å²) in [7, 11) is 0. The maximum absolute atomic E-state index is 14.1. The van der Waals surface area contributed by atoms with Gasteiger partial charge < -0.3 is 5.73 Å². The van der Waals surface area contributed by atoms with Crippen molar-refractivity contribution in [3.05, 3.63) is 65.5 Å². The molecule has 2 nitrogen and oxygen atoms in total. The summed E-state index contributed by atoms with van der Waals surface area (Å²) in [6.45, 7) is 0. The molecule has 1 heterocycles. The van der Waals surface area contributed by atoms with Crippen LogP contribution >= 0.6 is 0 Å². The summed E-state index contributed by atoms with van der Waals surface area (Å²) < 4.78 is 54.4. The van der Waals surface area contributed by atoms with E-state index in [0.717, 1.165) is 18.2 Å². The molecule has 0 aliphatic carbocycles. The fourth-order valence-corrected chi connectivity index (χ4v) is 1.67. The summed E-state index contributed by atoms with van der Waals surface area (Å²) in [5.41, 5.74) is 4.38. The quantitative estimate of drug-likeness (QED) is 0.870. The third-order valence-corrected chi connectivity index (χ3v) is 2.69. The van der Waals surface area contributed by atoms with Crippen LogP contribution in [0.4, 0.5) is 17.6 Å². The third-order valence-electron chi connectivity index (χ3n) is 2.69. The van der Waals surface area contributed by atoms with Crippen LogP contribution in [0.15, 0.2) is 42.6 Å². The highest BCUT2D eigenvalue weighted by molar-refractivity contribution is 5.26. The molecule has 1 unspecified atom stereocenters. The topological polar surface area (TPSA) is 38.9 Å². The number of pyridine rings is 1. The number of halogens is 4. The summed E-state index contributed by atoms with van der Waals surface area (Å²) in [6.07, 6.45) is 1.19. The standard InChI is InChI=1S/C13H10F4N2/c14-8-4-5-9(10(15)7-8)12(18)13(16,17)11-3-1-2-6-19-11/h1-7,12H,18H2. The van der Waals surface area contributed by atoms with Crippen LogP contribution in [-0.4, -0.2) is 4.98 Å². The molecule has 0 radical (unpaired) electrons. The predicted molar refractivity (Wildman–Crippen MR) is 61.4 cm³/mol. The minimum absolute atomic E-state index is 0.461. The van der Waals surface area contributed by atoms with Gasteiger partial charge in [-0.15, -0.1) is 0 Å². The van der Waals surface area contributed by atoms with Crippen molar-refractivity contribution in [3.63, 3.8) is 0 Å². The highest BCUT2D eigenvalue weighted by atomic mass is 19.3. The first-order valence-electron chi connectivity index (χ1n) is 5.43. The minimum Gasteiger partial charge on any atom is -0.319 e. The molecule has 1 aromatic carbocycles. The first-order valence-corrected chi connectivity index (χ1v) is 5.43. The molecule has 100 valence electrons. The van der Waals surface area contributed by atoms with Crippen LogP contribution in [0.25, 0.3) is 0 Å². The zero-order valence-corrected chi connectivity index (χ0v) is 9.66. The number of aromatic nitrogens is 1. The maximum Gasteiger partial charge on any atom is 0.308 e. The lowest BCUT2D eigenvalue weighted by Crippen LogP contribution is -2.32. The van der Waals surface area contributed by atoms with Crippen molar-refractivity contribution in [1.29, 1.82) is 0 Å². The Morgan fingerprint density at radius 1 is 1.11 bits per heavy atom. The lowest BCUT2D eigenvalue weighted by molar-refractivity contribution is -0.0376. The van der Waals surface area contributed by atoms with Crippen LogP contribution in [0.1, 0.15) is 17.3 Å². The molecule has 0 aliphatic heterocycles. The van der Waals surface area contributed by atoms with Crippen molar-refractivity contribution in [3.8, 4) is 0 Å². The molecule has 0 saturated heterocycles. The van der Waals surface area contributed by atoms with E-state index in [0.29, 0.717) is 6.07 Å². The molecular weight excluding hydrogens is 260 g/mol. The number of hydrogen-bond acceptors (Lipinski definition) is 2. The van der Waals surface area contributed by atoms with Gasteiger partial charge in [0, 0.05) is 17.8 Å². The van der Waals surface area contributed by atoms with Crippen LogP contribution in [0.2, 0.25) is 0 Å². The SMILES string of the molecule is NC(c1ccc(F)cc1F)C(F)(F)c1ccccn1. The number of nitrogens with two attached hydrogens (primary N) is 1. The Bertz CT molecular complexity index is 572. The molecule has 6 heteroatoms. The smallest absolute Gasteiger partial charge is 0.308 e. The van der Waals surface area contributed by atoms with Gasteiger partial charge in [0.1, 0.15) is 23.4 Å². The third kappa shape index (κ3) is 2.58. The van der Waals surface area contributed by atoms with Crippen LogP contribution in [-0.2, 0) is 5.92 Å². The van der Waals surface area contributed by atoms with Crippen molar-refractivity contribution >= 4 is 0 Å². The van der Waals surface area contributed by atoms with Gasteiger partial charge in [-0.3, -0.25) is 4.98 Å². The number of alkyl halides is 2. The molecule has 0 aliphatic rings. The molecule has 2 aromatic rings. The van der Waals surface area contributed by atoms with Crippen molar-refractivity contribution < 1.29 is 17.6 Å². The normalized spacial score (nSPS) is 13.3. The Kier molecular flexibility index (Phi) is 3.53.